The predicted molar refractivity (Wildman–Crippen MR) is 122 cm³/mol. The Morgan fingerprint density at radius 1 is 0.649 bits per heavy atom. The van der Waals surface area contributed by atoms with Crippen molar-refractivity contribution < 1.29 is 39.9 Å². The van der Waals surface area contributed by atoms with Crippen LogP contribution < -0.4 is 4.74 Å². The molecule has 4 aromatic carbocycles. The Bertz CT molecular complexity index is 1460. The molecule has 4 aromatic rings. The number of alkyl halides is 2. The number of aryl methyl sites for hydroxylation is 1. The SMILES string of the molecule is CCc1ccc(-c2ccc(-c3cc(F)c(C(F)(F)Oc4cc(F)c(F)c(F)c4C)c(F)c3)c(F)c2)cc1. The van der Waals surface area contributed by atoms with Gasteiger partial charge >= 0.3 is 6.11 Å². The van der Waals surface area contributed by atoms with Crippen molar-refractivity contribution in [2.75, 3.05) is 0 Å². The average molecular weight is 522 g/mol. The van der Waals surface area contributed by atoms with E-state index in [0.717, 1.165) is 25.0 Å². The fourth-order valence-corrected chi connectivity index (χ4v) is 3.83. The van der Waals surface area contributed by atoms with E-state index in [1.807, 2.05) is 19.1 Å². The van der Waals surface area contributed by atoms with Crippen LogP contribution in [0.4, 0.5) is 35.1 Å². The quantitative estimate of drug-likeness (QED) is 0.182. The molecule has 0 atom stereocenters. The number of halogens is 8. The molecular formula is C28H18F8O. The monoisotopic (exact) mass is 522 g/mol. The number of ether oxygens (including phenoxy) is 1. The molecule has 0 saturated carbocycles. The van der Waals surface area contributed by atoms with Crippen LogP contribution in [0.25, 0.3) is 22.3 Å². The topological polar surface area (TPSA) is 9.23 Å². The number of hydrogen-bond acceptors (Lipinski definition) is 1. The molecule has 1 nitrogen and oxygen atoms in total. The van der Waals surface area contributed by atoms with Crippen LogP contribution in [0.2, 0.25) is 0 Å². The summed E-state index contributed by atoms with van der Waals surface area (Å²) in [4.78, 5) is 0. The van der Waals surface area contributed by atoms with E-state index in [2.05, 4.69) is 4.74 Å². The lowest BCUT2D eigenvalue weighted by molar-refractivity contribution is -0.190. The highest BCUT2D eigenvalue weighted by Crippen LogP contribution is 2.39. The summed E-state index contributed by atoms with van der Waals surface area (Å²) >= 11 is 0. The van der Waals surface area contributed by atoms with Gasteiger partial charge in [0.15, 0.2) is 17.5 Å². The van der Waals surface area contributed by atoms with Crippen molar-refractivity contribution in [3.05, 3.63) is 112 Å². The molecule has 37 heavy (non-hydrogen) atoms. The second kappa shape index (κ2) is 9.88. The van der Waals surface area contributed by atoms with E-state index in [-0.39, 0.29) is 17.2 Å². The second-order valence-corrected chi connectivity index (χ2v) is 8.29. The summed E-state index contributed by atoms with van der Waals surface area (Å²) in [6, 6.07) is 12.4. The van der Waals surface area contributed by atoms with Crippen LogP contribution in [-0.4, -0.2) is 0 Å². The Morgan fingerprint density at radius 3 is 1.78 bits per heavy atom. The smallest absolute Gasteiger partial charge is 0.428 e. The van der Waals surface area contributed by atoms with Gasteiger partial charge in [0, 0.05) is 17.2 Å². The van der Waals surface area contributed by atoms with Gasteiger partial charge in [-0.05, 0) is 53.8 Å². The first-order valence-corrected chi connectivity index (χ1v) is 11.0. The van der Waals surface area contributed by atoms with Crippen molar-refractivity contribution in [2.24, 2.45) is 0 Å². The Balaban J connectivity index is 1.68. The summed E-state index contributed by atoms with van der Waals surface area (Å²) in [5, 5.41) is 0. The molecule has 0 heterocycles. The van der Waals surface area contributed by atoms with Crippen LogP contribution in [0, 0.1) is 41.8 Å². The van der Waals surface area contributed by atoms with Gasteiger partial charge in [-0.3, -0.25) is 0 Å². The molecule has 0 amide bonds. The van der Waals surface area contributed by atoms with Crippen LogP contribution in [0.1, 0.15) is 23.6 Å². The second-order valence-electron chi connectivity index (χ2n) is 8.29. The lowest BCUT2D eigenvalue weighted by atomic mass is 9.97. The summed E-state index contributed by atoms with van der Waals surface area (Å²) in [6.45, 7) is 2.81. The fourth-order valence-electron chi connectivity index (χ4n) is 3.83. The van der Waals surface area contributed by atoms with Gasteiger partial charge in [-0.2, -0.15) is 8.78 Å². The van der Waals surface area contributed by atoms with E-state index < -0.39 is 57.9 Å². The van der Waals surface area contributed by atoms with Gasteiger partial charge in [0.2, 0.25) is 0 Å². The van der Waals surface area contributed by atoms with E-state index >= 15 is 0 Å². The average Bonchev–Trinajstić information content (AvgIpc) is 2.85. The zero-order valence-corrected chi connectivity index (χ0v) is 19.4. The fraction of sp³-hybridized carbons (Fsp3) is 0.143. The Kier molecular flexibility index (Phi) is 6.99. The van der Waals surface area contributed by atoms with Gasteiger partial charge < -0.3 is 4.74 Å². The molecule has 192 valence electrons. The Morgan fingerprint density at radius 2 is 1.22 bits per heavy atom. The molecule has 0 saturated heterocycles. The first-order valence-electron chi connectivity index (χ1n) is 11.0. The molecule has 0 radical (unpaired) electrons. The van der Waals surface area contributed by atoms with Crippen LogP contribution in [0.15, 0.2) is 60.7 Å². The molecule has 0 aliphatic carbocycles. The first-order chi connectivity index (χ1) is 17.4. The zero-order chi connectivity index (χ0) is 27.1. The summed E-state index contributed by atoms with van der Waals surface area (Å²) in [5.41, 5.74) is -1.03. The maximum absolute atomic E-state index is 14.9. The third-order valence-corrected chi connectivity index (χ3v) is 5.91. The minimum absolute atomic E-state index is 0.137. The van der Waals surface area contributed by atoms with Gasteiger partial charge in [-0.1, -0.05) is 43.3 Å². The third kappa shape index (κ3) is 5.03. The normalized spacial score (nSPS) is 11.6. The lowest BCUT2D eigenvalue weighted by Gasteiger charge is -2.21. The Labute approximate surface area is 207 Å². The molecule has 0 aliphatic rings. The molecule has 0 aromatic heterocycles. The van der Waals surface area contributed by atoms with E-state index in [9.17, 15) is 35.1 Å². The van der Waals surface area contributed by atoms with E-state index in [1.54, 1.807) is 12.1 Å². The molecular weight excluding hydrogens is 504 g/mol. The predicted octanol–water partition coefficient (Wildman–Crippen LogP) is 8.85. The van der Waals surface area contributed by atoms with Crippen molar-refractivity contribution in [1.29, 1.82) is 0 Å². The summed E-state index contributed by atoms with van der Waals surface area (Å²) in [7, 11) is 0. The third-order valence-electron chi connectivity index (χ3n) is 5.91. The van der Waals surface area contributed by atoms with Crippen LogP contribution in [0.3, 0.4) is 0 Å². The van der Waals surface area contributed by atoms with Gasteiger partial charge in [0.25, 0.3) is 0 Å². The number of hydrogen-bond donors (Lipinski definition) is 0. The van der Waals surface area contributed by atoms with Crippen LogP contribution in [-0.2, 0) is 12.5 Å². The maximum Gasteiger partial charge on any atom is 0.432 e. The molecule has 0 unspecified atom stereocenters. The molecule has 0 bridgehead atoms. The molecule has 0 aliphatic heterocycles. The molecule has 9 heteroatoms. The van der Waals surface area contributed by atoms with E-state index in [0.29, 0.717) is 23.3 Å². The van der Waals surface area contributed by atoms with Crippen molar-refractivity contribution in [3.63, 3.8) is 0 Å². The van der Waals surface area contributed by atoms with Gasteiger partial charge in [-0.25, -0.2) is 26.3 Å². The summed E-state index contributed by atoms with van der Waals surface area (Å²) in [5.74, 6) is -11.1. The minimum atomic E-state index is -4.75. The molecule has 4 rings (SSSR count). The summed E-state index contributed by atoms with van der Waals surface area (Å²) < 4.78 is 118. The highest BCUT2D eigenvalue weighted by atomic mass is 19.3. The standard InChI is InChI=1S/C28H18F8O/c1-3-15-4-6-16(7-5-15)17-8-9-19(20(29)10-17)18-11-21(30)25(22(31)12-18)28(35,36)37-24-13-23(32)27(34)26(33)14(24)2/h4-13H,3H2,1-2H3. The van der Waals surface area contributed by atoms with Crippen molar-refractivity contribution in [2.45, 2.75) is 26.4 Å². The van der Waals surface area contributed by atoms with Crippen LogP contribution >= 0.6 is 0 Å². The largest absolute Gasteiger partial charge is 0.432 e. The van der Waals surface area contributed by atoms with E-state index in [1.165, 1.54) is 12.1 Å². The Hall–Kier alpha value is -3.88. The van der Waals surface area contributed by atoms with E-state index in [4.69, 9.17) is 0 Å². The molecule has 0 spiro atoms. The number of rotatable bonds is 6. The van der Waals surface area contributed by atoms with Crippen molar-refractivity contribution in [1.82, 2.24) is 0 Å². The van der Waals surface area contributed by atoms with Crippen molar-refractivity contribution in [3.8, 4) is 28.0 Å². The highest BCUT2D eigenvalue weighted by Gasteiger charge is 2.42. The van der Waals surface area contributed by atoms with Gasteiger partial charge in [-0.15, -0.1) is 0 Å². The van der Waals surface area contributed by atoms with Crippen LogP contribution in [0.5, 0.6) is 5.75 Å². The first kappa shape index (κ1) is 26.2. The summed E-state index contributed by atoms with van der Waals surface area (Å²) in [6.07, 6.45) is -3.93. The highest BCUT2D eigenvalue weighted by molar-refractivity contribution is 5.71. The minimum Gasteiger partial charge on any atom is -0.428 e. The molecule has 0 fully saturated rings. The van der Waals surface area contributed by atoms with Crippen molar-refractivity contribution >= 4 is 0 Å². The lowest BCUT2D eigenvalue weighted by Crippen LogP contribution is -2.26. The molecule has 0 N–H and O–H groups in total. The van der Waals surface area contributed by atoms with Gasteiger partial charge in [0.1, 0.15) is 28.8 Å². The maximum atomic E-state index is 14.9. The van der Waals surface area contributed by atoms with Gasteiger partial charge in [0.05, 0.1) is 0 Å². The number of benzene rings is 4. The zero-order valence-electron chi connectivity index (χ0n) is 19.4.